The largest absolute Gasteiger partial charge is 0.298 e. The van der Waals surface area contributed by atoms with Gasteiger partial charge in [0.15, 0.2) is 0 Å². The van der Waals surface area contributed by atoms with Crippen molar-refractivity contribution < 1.29 is 0 Å². The fourth-order valence-corrected chi connectivity index (χ4v) is 4.61. The van der Waals surface area contributed by atoms with Gasteiger partial charge in [-0.3, -0.25) is 9.80 Å². The summed E-state index contributed by atoms with van der Waals surface area (Å²) in [6, 6.07) is 5.94. The second-order valence-electron chi connectivity index (χ2n) is 5.28. The van der Waals surface area contributed by atoms with Crippen LogP contribution in [0.3, 0.4) is 0 Å². The summed E-state index contributed by atoms with van der Waals surface area (Å²) in [7, 11) is 0. The Morgan fingerprint density at radius 1 is 1.41 bits per heavy atom. The van der Waals surface area contributed by atoms with Crippen molar-refractivity contribution in [2.24, 2.45) is 0 Å². The number of hydrogen-bond acceptors (Lipinski definition) is 3. The molecule has 0 saturated carbocycles. The van der Waals surface area contributed by atoms with Crippen LogP contribution in [-0.2, 0) is 6.54 Å². The normalized spacial score (nSPS) is 30.7. The van der Waals surface area contributed by atoms with E-state index in [2.05, 4.69) is 44.8 Å². The second-order valence-corrected chi connectivity index (χ2v) is 7.82. The van der Waals surface area contributed by atoms with Gasteiger partial charge in [0.2, 0.25) is 0 Å². The average Bonchev–Trinajstić information content (AvgIpc) is 2.88. The van der Waals surface area contributed by atoms with Crippen molar-refractivity contribution in [3.63, 3.8) is 0 Å². The molecule has 1 aromatic rings. The van der Waals surface area contributed by atoms with Gasteiger partial charge >= 0.3 is 0 Å². The molecule has 2 atom stereocenters. The number of piperazine rings is 1. The van der Waals surface area contributed by atoms with E-state index < -0.39 is 0 Å². The van der Waals surface area contributed by atoms with Gasteiger partial charge in [0, 0.05) is 36.6 Å². The van der Waals surface area contributed by atoms with E-state index >= 15 is 0 Å². The molecule has 0 N–H and O–H groups in total. The molecule has 0 aliphatic carbocycles. The van der Waals surface area contributed by atoms with Crippen molar-refractivity contribution in [3.05, 3.63) is 20.8 Å². The SMILES string of the molecule is C[C@@H]1CN2CCC[C@@H]2CN1Cc1ccc(Br)s1. The molecule has 94 valence electrons. The first kappa shape index (κ1) is 12.2. The van der Waals surface area contributed by atoms with Gasteiger partial charge in [-0.25, -0.2) is 0 Å². The minimum atomic E-state index is 0.699. The van der Waals surface area contributed by atoms with Crippen LogP contribution in [0, 0.1) is 0 Å². The van der Waals surface area contributed by atoms with Crippen molar-refractivity contribution in [1.29, 1.82) is 0 Å². The van der Waals surface area contributed by atoms with Crippen LogP contribution in [0.25, 0.3) is 0 Å². The number of thiophene rings is 1. The van der Waals surface area contributed by atoms with Crippen LogP contribution in [-0.4, -0.2) is 41.5 Å². The predicted molar refractivity (Wildman–Crippen MR) is 76.5 cm³/mol. The summed E-state index contributed by atoms with van der Waals surface area (Å²) in [4.78, 5) is 6.83. The Kier molecular flexibility index (Phi) is 3.57. The van der Waals surface area contributed by atoms with Crippen LogP contribution in [0.2, 0.25) is 0 Å². The molecule has 4 heteroatoms. The van der Waals surface area contributed by atoms with E-state index in [1.54, 1.807) is 0 Å². The van der Waals surface area contributed by atoms with Crippen LogP contribution in [0.1, 0.15) is 24.6 Å². The molecular formula is C13H19BrN2S. The molecule has 0 spiro atoms. The highest BCUT2D eigenvalue weighted by Gasteiger charge is 2.34. The Balaban J connectivity index is 1.66. The van der Waals surface area contributed by atoms with Gasteiger partial charge < -0.3 is 0 Å². The van der Waals surface area contributed by atoms with Gasteiger partial charge in [-0.05, 0) is 54.4 Å². The zero-order valence-corrected chi connectivity index (χ0v) is 12.6. The quantitative estimate of drug-likeness (QED) is 0.827. The summed E-state index contributed by atoms with van der Waals surface area (Å²) in [5.41, 5.74) is 0. The standard InChI is InChI=1S/C13H19BrN2S/c1-10-7-15-6-2-3-11(15)8-16(10)9-12-4-5-13(14)17-12/h4-5,10-11H,2-3,6-9H2,1H3/t10-,11-/m1/s1. The predicted octanol–water partition coefficient (Wildman–Crippen LogP) is 3.18. The van der Waals surface area contributed by atoms with Gasteiger partial charge in [-0.15, -0.1) is 11.3 Å². The van der Waals surface area contributed by atoms with Crippen molar-refractivity contribution in [3.8, 4) is 0 Å². The Hall–Kier alpha value is 0.1000. The summed E-state index contributed by atoms with van der Waals surface area (Å²) in [6.45, 7) is 7.35. The maximum Gasteiger partial charge on any atom is 0.0701 e. The van der Waals surface area contributed by atoms with E-state index in [-0.39, 0.29) is 0 Å². The molecule has 0 unspecified atom stereocenters. The molecular weight excluding hydrogens is 296 g/mol. The summed E-state index contributed by atoms with van der Waals surface area (Å²) in [5.74, 6) is 0. The summed E-state index contributed by atoms with van der Waals surface area (Å²) in [5, 5.41) is 0. The molecule has 1 aromatic heterocycles. The molecule has 0 amide bonds. The Bertz CT molecular complexity index is 393. The van der Waals surface area contributed by atoms with Gasteiger partial charge in [0.1, 0.15) is 0 Å². The third kappa shape index (κ3) is 2.60. The summed E-state index contributed by atoms with van der Waals surface area (Å²) >= 11 is 5.42. The topological polar surface area (TPSA) is 6.48 Å². The molecule has 17 heavy (non-hydrogen) atoms. The van der Waals surface area contributed by atoms with Crippen LogP contribution in [0.4, 0.5) is 0 Å². The van der Waals surface area contributed by atoms with E-state index in [1.807, 2.05) is 11.3 Å². The van der Waals surface area contributed by atoms with E-state index in [0.29, 0.717) is 6.04 Å². The maximum atomic E-state index is 3.55. The van der Waals surface area contributed by atoms with Crippen molar-refractivity contribution in [1.82, 2.24) is 9.80 Å². The van der Waals surface area contributed by atoms with Gasteiger partial charge in [0.05, 0.1) is 3.79 Å². The molecule has 0 bridgehead atoms. The number of hydrogen-bond donors (Lipinski definition) is 0. The second kappa shape index (κ2) is 5.00. The zero-order chi connectivity index (χ0) is 11.8. The van der Waals surface area contributed by atoms with Crippen LogP contribution < -0.4 is 0 Å². The zero-order valence-electron chi connectivity index (χ0n) is 10.2. The van der Waals surface area contributed by atoms with Crippen LogP contribution >= 0.6 is 27.3 Å². The van der Waals surface area contributed by atoms with Gasteiger partial charge in [-0.2, -0.15) is 0 Å². The Morgan fingerprint density at radius 2 is 2.29 bits per heavy atom. The Morgan fingerprint density at radius 3 is 3.06 bits per heavy atom. The van der Waals surface area contributed by atoms with E-state index in [0.717, 1.165) is 12.6 Å². The van der Waals surface area contributed by atoms with Gasteiger partial charge in [0.25, 0.3) is 0 Å². The molecule has 2 aliphatic rings. The molecule has 2 fully saturated rings. The van der Waals surface area contributed by atoms with Crippen LogP contribution in [0.15, 0.2) is 15.9 Å². The van der Waals surface area contributed by atoms with E-state index in [9.17, 15) is 0 Å². The molecule has 3 heterocycles. The first-order valence-electron chi connectivity index (χ1n) is 6.44. The van der Waals surface area contributed by atoms with Crippen LogP contribution in [0.5, 0.6) is 0 Å². The first-order valence-corrected chi connectivity index (χ1v) is 8.05. The fraction of sp³-hybridized carbons (Fsp3) is 0.692. The molecule has 2 nitrogen and oxygen atoms in total. The third-order valence-electron chi connectivity index (χ3n) is 4.05. The van der Waals surface area contributed by atoms with E-state index in [1.165, 1.54) is 41.1 Å². The maximum absolute atomic E-state index is 3.55. The van der Waals surface area contributed by atoms with Crippen molar-refractivity contribution in [2.75, 3.05) is 19.6 Å². The number of nitrogens with zero attached hydrogens (tertiary/aromatic N) is 2. The van der Waals surface area contributed by atoms with E-state index in [4.69, 9.17) is 0 Å². The summed E-state index contributed by atoms with van der Waals surface area (Å²) in [6.07, 6.45) is 2.80. The lowest BCUT2D eigenvalue weighted by Gasteiger charge is -2.42. The number of rotatable bonds is 2. The average molecular weight is 315 g/mol. The fourth-order valence-electron chi connectivity index (χ4n) is 3.11. The van der Waals surface area contributed by atoms with Crippen molar-refractivity contribution >= 4 is 27.3 Å². The lowest BCUT2D eigenvalue weighted by Crippen LogP contribution is -2.54. The molecule has 2 aliphatic heterocycles. The minimum Gasteiger partial charge on any atom is -0.298 e. The highest BCUT2D eigenvalue weighted by Crippen LogP contribution is 2.28. The van der Waals surface area contributed by atoms with Gasteiger partial charge in [-0.1, -0.05) is 0 Å². The summed E-state index contributed by atoms with van der Waals surface area (Å²) < 4.78 is 1.25. The third-order valence-corrected chi connectivity index (χ3v) is 5.66. The minimum absolute atomic E-state index is 0.699. The number of halogens is 1. The monoisotopic (exact) mass is 314 g/mol. The molecule has 0 radical (unpaired) electrons. The first-order chi connectivity index (χ1) is 8.22. The molecule has 0 aromatic carbocycles. The smallest absolute Gasteiger partial charge is 0.0701 e. The Labute approximate surface area is 116 Å². The highest BCUT2D eigenvalue weighted by atomic mass is 79.9. The molecule has 2 saturated heterocycles. The highest BCUT2D eigenvalue weighted by molar-refractivity contribution is 9.11. The lowest BCUT2D eigenvalue weighted by atomic mass is 10.1. The van der Waals surface area contributed by atoms with Crippen molar-refractivity contribution in [2.45, 2.75) is 38.4 Å². The lowest BCUT2D eigenvalue weighted by molar-refractivity contribution is 0.0547. The molecule has 3 rings (SSSR count). The number of fused-ring (bicyclic) bond motifs is 1.